The maximum atomic E-state index is 11.9. The molecule has 17 heavy (non-hydrogen) atoms. The van der Waals surface area contributed by atoms with Gasteiger partial charge in [-0.1, -0.05) is 12.1 Å². The van der Waals surface area contributed by atoms with E-state index in [4.69, 9.17) is 9.47 Å². The standard InChI is InChI=1S/C13H19NO3/c1-10(2)17-9-13(15)14(3)11-7-5-6-8-12(11)16-4/h5-8,10H,9H2,1-4H3. The van der Waals surface area contributed by atoms with Crippen LogP contribution in [-0.2, 0) is 9.53 Å². The minimum Gasteiger partial charge on any atom is -0.495 e. The average molecular weight is 237 g/mol. The van der Waals surface area contributed by atoms with Crippen molar-refractivity contribution in [1.29, 1.82) is 0 Å². The van der Waals surface area contributed by atoms with Gasteiger partial charge in [0.05, 0.1) is 18.9 Å². The van der Waals surface area contributed by atoms with Crippen LogP contribution in [0.15, 0.2) is 24.3 Å². The molecular formula is C13H19NO3. The Kier molecular flexibility index (Phi) is 4.97. The summed E-state index contributed by atoms with van der Waals surface area (Å²) in [5.74, 6) is 0.580. The minimum absolute atomic E-state index is 0.0463. The fourth-order valence-corrected chi connectivity index (χ4v) is 1.38. The van der Waals surface area contributed by atoms with E-state index in [-0.39, 0.29) is 18.6 Å². The highest BCUT2D eigenvalue weighted by Gasteiger charge is 2.15. The molecule has 0 spiro atoms. The molecular weight excluding hydrogens is 218 g/mol. The van der Waals surface area contributed by atoms with Crippen LogP contribution in [0.3, 0.4) is 0 Å². The van der Waals surface area contributed by atoms with E-state index >= 15 is 0 Å². The zero-order chi connectivity index (χ0) is 12.8. The van der Waals surface area contributed by atoms with Crippen molar-refractivity contribution in [2.45, 2.75) is 20.0 Å². The number of amides is 1. The smallest absolute Gasteiger partial charge is 0.252 e. The van der Waals surface area contributed by atoms with Gasteiger partial charge in [0.2, 0.25) is 0 Å². The molecule has 4 nitrogen and oxygen atoms in total. The average Bonchev–Trinajstić information content (AvgIpc) is 2.34. The Morgan fingerprint density at radius 3 is 2.59 bits per heavy atom. The van der Waals surface area contributed by atoms with Gasteiger partial charge in [0.15, 0.2) is 0 Å². The van der Waals surface area contributed by atoms with Crippen LogP contribution in [0.25, 0.3) is 0 Å². The lowest BCUT2D eigenvalue weighted by molar-refractivity contribution is -0.124. The maximum absolute atomic E-state index is 11.9. The van der Waals surface area contributed by atoms with Crippen molar-refractivity contribution in [3.8, 4) is 5.75 Å². The van der Waals surface area contributed by atoms with Crippen LogP contribution in [0.5, 0.6) is 5.75 Å². The number of rotatable bonds is 5. The zero-order valence-corrected chi connectivity index (χ0v) is 10.8. The Morgan fingerprint density at radius 2 is 2.00 bits per heavy atom. The van der Waals surface area contributed by atoms with Crippen LogP contribution in [0, 0.1) is 0 Å². The first kappa shape index (κ1) is 13.5. The molecule has 0 saturated carbocycles. The predicted molar refractivity (Wildman–Crippen MR) is 67.5 cm³/mol. The number of nitrogens with zero attached hydrogens (tertiary/aromatic N) is 1. The Bertz CT molecular complexity index is 377. The van der Waals surface area contributed by atoms with E-state index in [1.807, 2.05) is 38.1 Å². The third-order valence-electron chi connectivity index (χ3n) is 2.36. The normalized spacial score (nSPS) is 10.4. The molecule has 0 aliphatic carbocycles. The molecule has 0 N–H and O–H groups in total. The van der Waals surface area contributed by atoms with Gasteiger partial charge in [0.1, 0.15) is 12.4 Å². The van der Waals surface area contributed by atoms with Crippen LogP contribution in [0.1, 0.15) is 13.8 Å². The van der Waals surface area contributed by atoms with Gasteiger partial charge in [0.25, 0.3) is 5.91 Å². The highest BCUT2D eigenvalue weighted by atomic mass is 16.5. The van der Waals surface area contributed by atoms with Gasteiger partial charge < -0.3 is 14.4 Å². The number of likely N-dealkylation sites (N-methyl/N-ethyl adjacent to an activating group) is 1. The molecule has 0 atom stereocenters. The quantitative estimate of drug-likeness (QED) is 0.787. The zero-order valence-electron chi connectivity index (χ0n) is 10.8. The van der Waals surface area contributed by atoms with Gasteiger partial charge >= 0.3 is 0 Å². The number of para-hydroxylation sites is 2. The molecule has 4 heteroatoms. The highest BCUT2D eigenvalue weighted by Crippen LogP contribution is 2.26. The Balaban J connectivity index is 2.74. The van der Waals surface area contributed by atoms with Crippen LogP contribution < -0.4 is 9.64 Å². The number of hydrogen-bond donors (Lipinski definition) is 0. The molecule has 0 fully saturated rings. The van der Waals surface area contributed by atoms with Gasteiger partial charge in [-0.15, -0.1) is 0 Å². The first-order chi connectivity index (χ1) is 8.06. The number of carbonyl (C=O) groups excluding carboxylic acids is 1. The van der Waals surface area contributed by atoms with E-state index in [9.17, 15) is 4.79 Å². The molecule has 1 aromatic carbocycles. The summed E-state index contributed by atoms with van der Waals surface area (Å²) in [6, 6.07) is 7.39. The Hall–Kier alpha value is -1.55. The van der Waals surface area contributed by atoms with Crippen LogP contribution in [-0.4, -0.2) is 32.8 Å². The number of carbonyl (C=O) groups is 1. The number of ether oxygens (including phenoxy) is 2. The van der Waals surface area contributed by atoms with E-state index in [2.05, 4.69) is 0 Å². The minimum atomic E-state index is -0.0943. The summed E-state index contributed by atoms with van der Waals surface area (Å²) in [6.07, 6.45) is 0.0463. The number of benzene rings is 1. The molecule has 0 saturated heterocycles. The van der Waals surface area contributed by atoms with Gasteiger partial charge in [-0.3, -0.25) is 4.79 Å². The van der Waals surface area contributed by atoms with Gasteiger partial charge in [-0.25, -0.2) is 0 Å². The van der Waals surface area contributed by atoms with E-state index in [0.717, 1.165) is 5.69 Å². The molecule has 0 aromatic heterocycles. The fourth-order valence-electron chi connectivity index (χ4n) is 1.38. The number of anilines is 1. The monoisotopic (exact) mass is 237 g/mol. The summed E-state index contributed by atoms with van der Waals surface area (Å²) in [6.45, 7) is 3.87. The predicted octanol–water partition coefficient (Wildman–Crippen LogP) is 2.08. The van der Waals surface area contributed by atoms with Crippen LogP contribution >= 0.6 is 0 Å². The molecule has 0 aliphatic heterocycles. The van der Waals surface area contributed by atoms with Crippen LogP contribution in [0.2, 0.25) is 0 Å². The second kappa shape index (κ2) is 6.25. The van der Waals surface area contributed by atoms with Gasteiger partial charge in [-0.05, 0) is 26.0 Å². The summed E-state index contributed by atoms with van der Waals surface area (Å²) in [5, 5.41) is 0. The van der Waals surface area contributed by atoms with Crippen molar-refractivity contribution in [3.63, 3.8) is 0 Å². The van der Waals surface area contributed by atoms with Crippen molar-refractivity contribution in [3.05, 3.63) is 24.3 Å². The molecule has 1 rings (SSSR count). The largest absolute Gasteiger partial charge is 0.495 e. The highest BCUT2D eigenvalue weighted by molar-refractivity contribution is 5.95. The van der Waals surface area contributed by atoms with E-state index in [1.54, 1.807) is 19.1 Å². The molecule has 0 aliphatic rings. The van der Waals surface area contributed by atoms with Gasteiger partial charge in [0, 0.05) is 7.05 Å². The molecule has 1 aromatic rings. The number of hydrogen-bond acceptors (Lipinski definition) is 3. The van der Waals surface area contributed by atoms with Crippen molar-refractivity contribution < 1.29 is 14.3 Å². The lowest BCUT2D eigenvalue weighted by atomic mass is 10.2. The molecule has 0 radical (unpaired) electrons. The van der Waals surface area contributed by atoms with Crippen molar-refractivity contribution in [1.82, 2.24) is 0 Å². The van der Waals surface area contributed by atoms with Gasteiger partial charge in [-0.2, -0.15) is 0 Å². The summed E-state index contributed by atoms with van der Waals surface area (Å²) >= 11 is 0. The second-order valence-corrected chi connectivity index (χ2v) is 3.98. The Morgan fingerprint density at radius 1 is 1.35 bits per heavy atom. The van der Waals surface area contributed by atoms with Crippen molar-refractivity contribution in [2.75, 3.05) is 25.7 Å². The SMILES string of the molecule is COc1ccccc1N(C)C(=O)COC(C)C. The fraction of sp³-hybridized carbons (Fsp3) is 0.462. The Labute approximate surface area is 102 Å². The molecule has 0 bridgehead atoms. The van der Waals surface area contributed by atoms with E-state index in [1.165, 1.54) is 0 Å². The number of methoxy groups -OCH3 is 1. The second-order valence-electron chi connectivity index (χ2n) is 3.98. The van der Waals surface area contributed by atoms with Crippen molar-refractivity contribution >= 4 is 11.6 Å². The lowest BCUT2D eigenvalue weighted by Gasteiger charge is -2.20. The summed E-state index contributed by atoms with van der Waals surface area (Å²) in [7, 11) is 3.30. The first-order valence-corrected chi connectivity index (χ1v) is 5.57. The molecule has 94 valence electrons. The van der Waals surface area contributed by atoms with E-state index < -0.39 is 0 Å². The molecule has 1 amide bonds. The third-order valence-corrected chi connectivity index (χ3v) is 2.36. The van der Waals surface area contributed by atoms with Crippen LogP contribution in [0.4, 0.5) is 5.69 Å². The summed E-state index contributed by atoms with van der Waals surface area (Å²) in [4.78, 5) is 13.4. The first-order valence-electron chi connectivity index (χ1n) is 5.57. The van der Waals surface area contributed by atoms with E-state index in [0.29, 0.717) is 5.75 Å². The molecule has 0 heterocycles. The third kappa shape index (κ3) is 3.75. The summed E-state index contributed by atoms with van der Waals surface area (Å²) in [5.41, 5.74) is 0.743. The molecule has 0 unspecified atom stereocenters. The maximum Gasteiger partial charge on any atom is 0.252 e. The lowest BCUT2D eigenvalue weighted by Crippen LogP contribution is -2.31. The topological polar surface area (TPSA) is 38.8 Å². The van der Waals surface area contributed by atoms with Crippen molar-refractivity contribution in [2.24, 2.45) is 0 Å². The summed E-state index contributed by atoms with van der Waals surface area (Å²) < 4.78 is 10.5.